The SMILES string of the molecule is CN(C)CCCCC(N)CC(=O)O. The molecule has 0 heterocycles. The van der Waals surface area contributed by atoms with E-state index in [0.717, 1.165) is 25.8 Å². The van der Waals surface area contributed by atoms with Gasteiger partial charge in [0.15, 0.2) is 0 Å². The maximum absolute atomic E-state index is 10.3. The molecule has 0 spiro atoms. The quantitative estimate of drug-likeness (QED) is 0.572. The van der Waals surface area contributed by atoms with E-state index in [9.17, 15) is 4.79 Å². The van der Waals surface area contributed by atoms with Crippen LogP contribution < -0.4 is 5.73 Å². The highest BCUT2D eigenvalue weighted by atomic mass is 16.4. The third kappa shape index (κ3) is 9.30. The van der Waals surface area contributed by atoms with Crippen molar-refractivity contribution in [2.75, 3.05) is 20.6 Å². The van der Waals surface area contributed by atoms with Gasteiger partial charge in [-0.25, -0.2) is 0 Å². The van der Waals surface area contributed by atoms with Crippen LogP contribution in [0.5, 0.6) is 0 Å². The van der Waals surface area contributed by atoms with E-state index in [1.54, 1.807) is 0 Å². The molecule has 0 rings (SSSR count). The van der Waals surface area contributed by atoms with Gasteiger partial charge in [-0.1, -0.05) is 6.42 Å². The van der Waals surface area contributed by atoms with Crippen LogP contribution in [0.15, 0.2) is 0 Å². The molecule has 0 amide bonds. The smallest absolute Gasteiger partial charge is 0.304 e. The maximum Gasteiger partial charge on any atom is 0.304 e. The van der Waals surface area contributed by atoms with Crippen molar-refractivity contribution in [3.05, 3.63) is 0 Å². The summed E-state index contributed by atoms with van der Waals surface area (Å²) in [6.45, 7) is 1.04. The van der Waals surface area contributed by atoms with E-state index in [4.69, 9.17) is 10.8 Å². The molecule has 78 valence electrons. The van der Waals surface area contributed by atoms with Gasteiger partial charge in [-0.3, -0.25) is 4.79 Å². The van der Waals surface area contributed by atoms with Crippen LogP contribution >= 0.6 is 0 Å². The highest BCUT2D eigenvalue weighted by Gasteiger charge is 2.06. The van der Waals surface area contributed by atoms with Crippen LogP contribution in [-0.4, -0.2) is 42.7 Å². The minimum Gasteiger partial charge on any atom is -0.481 e. The van der Waals surface area contributed by atoms with Gasteiger partial charge in [0.25, 0.3) is 0 Å². The summed E-state index contributed by atoms with van der Waals surface area (Å²) in [6, 6.07) is -0.181. The summed E-state index contributed by atoms with van der Waals surface area (Å²) in [5.74, 6) is -0.805. The fourth-order valence-electron chi connectivity index (χ4n) is 1.16. The Balaban J connectivity index is 3.26. The third-order valence-electron chi connectivity index (χ3n) is 1.87. The second kappa shape index (κ2) is 6.86. The lowest BCUT2D eigenvalue weighted by Gasteiger charge is -2.11. The Labute approximate surface area is 79.7 Å². The Bertz CT molecular complexity index is 149. The number of hydrogen-bond acceptors (Lipinski definition) is 3. The average molecular weight is 188 g/mol. The summed E-state index contributed by atoms with van der Waals surface area (Å²) < 4.78 is 0. The van der Waals surface area contributed by atoms with Gasteiger partial charge < -0.3 is 15.7 Å². The second-order valence-electron chi connectivity index (χ2n) is 3.66. The number of rotatable bonds is 7. The number of aliphatic carboxylic acids is 1. The summed E-state index contributed by atoms with van der Waals surface area (Å²) in [4.78, 5) is 12.4. The molecule has 0 saturated heterocycles. The van der Waals surface area contributed by atoms with Gasteiger partial charge in [-0.05, 0) is 33.5 Å². The summed E-state index contributed by atoms with van der Waals surface area (Å²) in [6.07, 6.45) is 2.98. The van der Waals surface area contributed by atoms with E-state index in [0.29, 0.717) is 0 Å². The van der Waals surface area contributed by atoms with Crippen LogP contribution in [0.4, 0.5) is 0 Å². The highest BCUT2D eigenvalue weighted by Crippen LogP contribution is 2.02. The summed E-state index contributed by atoms with van der Waals surface area (Å²) in [7, 11) is 4.05. The van der Waals surface area contributed by atoms with Crippen LogP contribution in [0.3, 0.4) is 0 Å². The zero-order valence-electron chi connectivity index (χ0n) is 8.49. The lowest BCUT2D eigenvalue weighted by atomic mass is 10.1. The van der Waals surface area contributed by atoms with E-state index in [1.807, 2.05) is 14.1 Å². The van der Waals surface area contributed by atoms with Crippen LogP contribution in [0.25, 0.3) is 0 Å². The van der Waals surface area contributed by atoms with E-state index >= 15 is 0 Å². The van der Waals surface area contributed by atoms with E-state index in [-0.39, 0.29) is 12.5 Å². The molecular weight excluding hydrogens is 168 g/mol. The van der Waals surface area contributed by atoms with Gasteiger partial charge in [0, 0.05) is 6.04 Å². The van der Waals surface area contributed by atoms with Crippen molar-refractivity contribution in [2.24, 2.45) is 5.73 Å². The summed E-state index contributed by atoms with van der Waals surface area (Å²) >= 11 is 0. The molecule has 0 radical (unpaired) electrons. The van der Waals surface area contributed by atoms with Crippen LogP contribution in [0.2, 0.25) is 0 Å². The van der Waals surface area contributed by atoms with Crippen molar-refractivity contribution >= 4 is 5.97 Å². The van der Waals surface area contributed by atoms with E-state index in [1.165, 1.54) is 0 Å². The van der Waals surface area contributed by atoms with Gasteiger partial charge in [0.2, 0.25) is 0 Å². The Morgan fingerprint density at radius 2 is 2.08 bits per heavy atom. The van der Waals surface area contributed by atoms with Crippen molar-refractivity contribution in [2.45, 2.75) is 31.7 Å². The van der Waals surface area contributed by atoms with Crippen molar-refractivity contribution in [1.82, 2.24) is 4.90 Å². The molecule has 0 aliphatic rings. The normalized spacial score (nSPS) is 13.2. The van der Waals surface area contributed by atoms with Crippen molar-refractivity contribution in [3.8, 4) is 0 Å². The predicted octanol–water partition coefficient (Wildman–Crippen LogP) is 0.520. The second-order valence-corrected chi connectivity index (χ2v) is 3.66. The van der Waals surface area contributed by atoms with Gasteiger partial charge in [0.05, 0.1) is 6.42 Å². The first-order chi connectivity index (χ1) is 6.02. The summed E-state index contributed by atoms with van der Waals surface area (Å²) in [5, 5.41) is 8.44. The molecule has 0 fully saturated rings. The number of carboxylic acid groups (broad SMARTS) is 1. The zero-order chi connectivity index (χ0) is 10.3. The topological polar surface area (TPSA) is 66.6 Å². The van der Waals surface area contributed by atoms with E-state index < -0.39 is 5.97 Å². The average Bonchev–Trinajstić information content (AvgIpc) is 1.96. The molecule has 0 aliphatic heterocycles. The number of carboxylic acids is 1. The number of unbranched alkanes of at least 4 members (excludes halogenated alkanes) is 1. The van der Waals surface area contributed by atoms with Crippen molar-refractivity contribution in [1.29, 1.82) is 0 Å². The molecular formula is C9H20N2O2. The molecule has 1 unspecified atom stereocenters. The van der Waals surface area contributed by atoms with Gasteiger partial charge >= 0.3 is 5.97 Å². The standard InChI is InChI=1S/C9H20N2O2/c1-11(2)6-4-3-5-8(10)7-9(12)13/h8H,3-7,10H2,1-2H3,(H,12,13). The molecule has 0 bridgehead atoms. The molecule has 0 saturated carbocycles. The maximum atomic E-state index is 10.3. The van der Waals surface area contributed by atoms with Crippen molar-refractivity contribution in [3.63, 3.8) is 0 Å². The number of carbonyl (C=O) groups is 1. The Morgan fingerprint density at radius 1 is 1.46 bits per heavy atom. The Morgan fingerprint density at radius 3 is 2.54 bits per heavy atom. The lowest BCUT2D eigenvalue weighted by Crippen LogP contribution is -2.24. The number of hydrogen-bond donors (Lipinski definition) is 2. The molecule has 0 aliphatic carbocycles. The van der Waals surface area contributed by atoms with Gasteiger partial charge in [0.1, 0.15) is 0 Å². The number of nitrogens with two attached hydrogens (primary N) is 1. The van der Waals surface area contributed by atoms with E-state index in [2.05, 4.69) is 4.90 Å². The van der Waals surface area contributed by atoms with Crippen LogP contribution in [0, 0.1) is 0 Å². The first kappa shape index (κ1) is 12.4. The van der Waals surface area contributed by atoms with Crippen LogP contribution in [-0.2, 0) is 4.79 Å². The third-order valence-corrected chi connectivity index (χ3v) is 1.87. The first-order valence-electron chi connectivity index (χ1n) is 4.64. The number of nitrogens with zero attached hydrogens (tertiary/aromatic N) is 1. The molecule has 1 atom stereocenters. The molecule has 0 aromatic carbocycles. The molecule has 0 aromatic rings. The lowest BCUT2D eigenvalue weighted by molar-refractivity contribution is -0.137. The molecule has 0 aromatic heterocycles. The summed E-state index contributed by atoms with van der Waals surface area (Å²) in [5.41, 5.74) is 5.60. The minimum atomic E-state index is -0.805. The minimum absolute atomic E-state index is 0.0853. The first-order valence-corrected chi connectivity index (χ1v) is 4.64. The Hall–Kier alpha value is -0.610. The fraction of sp³-hybridized carbons (Fsp3) is 0.889. The van der Waals surface area contributed by atoms with Gasteiger partial charge in [-0.2, -0.15) is 0 Å². The highest BCUT2D eigenvalue weighted by molar-refractivity contribution is 5.67. The monoisotopic (exact) mass is 188 g/mol. The molecule has 4 heteroatoms. The largest absolute Gasteiger partial charge is 0.481 e. The van der Waals surface area contributed by atoms with Crippen LogP contribution in [0.1, 0.15) is 25.7 Å². The van der Waals surface area contributed by atoms with Gasteiger partial charge in [-0.15, -0.1) is 0 Å². The van der Waals surface area contributed by atoms with Crippen molar-refractivity contribution < 1.29 is 9.90 Å². The fourth-order valence-corrected chi connectivity index (χ4v) is 1.16. The Kier molecular flexibility index (Phi) is 6.54. The molecule has 13 heavy (non-hydrogen) atoms. The molecule has 4 nitrogen and oxygen atoms in total. The predicted molar refractivity (Wildman–Crippen MR) is 52.6 cm³/mol. The molecule has 3 N–H and O–H groups in total. The zero-order valence-corrected chi connectivity index (χ0v) is 8.49.